The minimum atomic E-state index is -3.30. The van der Waals surface area contributed by atoms with Gasteiger partial charge in [0.15, 0.2) is 9.84 Å². The first-order chi connectivity index (χ1) is 11.6. The highest BCUT2D eigenvalue weighted by Crippen LogP contribution is 2.41. The maximum Gasteiger partial charge on any atom is 0.375 e. The monoisotopic (exact) mass is 398 g/mol. The molecule has 0 bridgehead atoms. The van der Waals surface area contributed by atoms with Gasteiger partial charge in [-0.2, -0.15) is 0 Å². The summed E-state index contributed by atoms with van der Waals surface area (Å²) in [5, 5.41) is 1.69. The number of rotatable bonds is 4. The molecule has 2 aromatic rings. The minimum Gasteiger partial charge on any atom is -0.449 e. The Kier molecular flexibility index (Phi) is 4.43. The van der Waals surface area contributed by atoms with Gasteiger partial charge in [-0.25, -0.2) is 13.2 Å². The Bertz CT molecular complexity index is 969. The van der Waals surface area contributed by atoms with E-state index in [0.717, 1.165) is 6.26 Å². The topological polar surface area (TPSA) is 69.7 Å². The van der Waals surface area contributed by atoms with Crippen molar-refractivity contribution in [3.05, 3.63) is 51.4 Å². The number of benzene rings is 1. The Hall–Kier alpha value is -1.83. The van der Waals surface area contributed by atoms with E-state index in [4.69, 9.17) is 21.1 Å². The predicted molar refractivity (Wildman–Crippen MR) is 96.6 cm³/mol. The largest absolute Gasteiger partial charge is 0.449 e. The van der Waals surface area contributed by atoms with E-state index in [9.17, 15) is 13.2 Å². The summed E-state index contributed by atoms with van der Waals surface area (Å²) >= 11 is 7.19. The molecule has 0 spiro atoms. The van der Waals surface area contributed by atoms with E-state index in [1.54, 1.807) is 37.4 Å². The Morgan fingerprint density at radius 1 is 1.20 bits per heavy atom. The normalized spacial score (nSPS) is 16.9. The molecule has 1 aliphatic heterocycles. The van der Waals surface area contributed by atoms with E-state index >= 15 is 0 Å². The fourth-order valence-corrected chi connectivity index (χ4v) is 4.01. The zero-order valence-electron chi connectivity index (χ0n) is 13.7. The second-order valence-corrected chi connectivity index (χ2v) is 9.65. The lowest BCUT2D eigenvalue weighted by atomic mass is 9.92. The molecule has 0 N–H and O–H groups in total. The number of ether oxygens (including phenoxy) is 2. The van der Waals surface area contributed by atoms with Gasteiger partial charge in [-0.3, -0.25) is 0 Å². The van der Waals surface area contributed by atoms with E-state index < -0.39 is 21.4 Å². The van der Waals surface area contributed by atoms with Crippen molar-refractivity contribution in [1.29, 1.82) is 0 Å². The third kappa shape index (κ3) is 3.58. The molecule has 0 atom stereocenters. The van der Waals surface area contributed by atoms with E-state index in [1.165, 1.54) is 23.5 Å². The first kappa shape index (κ1) is 18.0. The lowest BCUT2D eigenvalue weighted by Crippen LogP contribution is -2.22. The summed E-state index contributed by atoms with van der Waals surface area (Å²) in [6.07, 6.45) is 1.14. The van der Waals surface area contributed by atoms with Gasteiger partial charge in [-0.1, -0.05) is 23.7 Å². The number of carbonyl (C=O) groups is 1. The molecule has 1 aromatic carbocycles. The van der Waals surface area contributed by atoms with Gasteiger partial charge in [0.25, 0.3) is 0 Å². The molecule has 1 aliphatic rings. The molecule has 0 aliphatic carbocycles. The van der Waals surface area contributed by atoms with Crippen molar-refractivity contribution < 1.29 is 22.7 Å². The number of cyclic esters (lactones) is 1. The summed E-state index contributed by atoms with van der Waals surface area (Å²) in [5.74, 6) is -0.0500. The average Bonchev–Trinajstić information content (AvgIpc) is 2.99. The van der Waals surface area contributed by atoms with Crippen molar-refractivity contribution in [3.63, 3.8) is 0 Å². The molecule has 0 amide bonds. The molecule has 5 nitrogen and oxygen atoms in total. The number of halogens is 1. The molecular weight excluding hydrogens is 384 g/mol. The molecule has 0 saturated carbocycles. The molecule has 3 rings (SSSR count). The number of esters is 1. The summed E-state index contributed by atoms with van der Waals surface area (Å²) in [5.41, 5.74) is 0.304. The molecule has 1 aromatic heterocycles. The Balaban J connectivity index is 2.08. The quantitative estimate of drug-likeness (QED) is 0.730. The van der Waals surface area contributed by atoms with Crippen LogP contribution >= 0.6 is 22.9 Å². The van der Waals surface area contributed by atoms with Gasteiger partial charge in [0, 0.05) is 17.7 Å². The lowest BCUT2D eigenvalue weighted by Gasteiger charge is -2.21. The van der Waals surface area contributed by atoms with Gasteiger partial charge >= 0.3 is 5.97 Å². The average molecular weight is 399 g/mol. The van der Waals surface area contributed by atoms with Crippen molar-refractivity contribution in [2.75, 3.05) is 6.26 Å². The van der Waals surface area contributed by atoms with Crippen molar-refractivity contribution in [3.8, 4) is 5.75 Å². The zero-order valence-corrected chi connectivity index (χ0v) is 16.1. The summed E-state index contributed by atoms with van der Waals surface area (Å²) in [4.78, 5) is 12.5. The lowest BCUT2D eigenvalue weighted by molar-refractivity contribution is -0.145. The molecule has 2 heterocycles. The number of hydrogen-bond acceptors (Lipinski definition) is 6. The molecule has 0 radical (unpaired) electrons. The zero-order chi connectivity index (χ0) is 18.4. The Morgan fingerprint density at radius 3 is 2.36 bits per heavy atom. The summed E-state index contributed by atoms with van der Waals surface area (Å²) in [6.45, 7) is 3.50. The van der Waals surface area contributed by atoms with E-state index in [0.29, 0.717) is 21.2 Å². The van der Waals surface area contributed by atoms with Crippen LogP contribution in [-0.4, -0.2) is 26.2 Å². The van der Waals surface area contributed by atoms with Crippen LogP contribution in [-0.2, 0) is 19.4 Å². The van der Waals surface area contributed by atoms with Gasteiger partial charge < -0.3 is 9.47 Å². The van der Waals surface area contributed by atoms with Crippen molar-refractivity contribution in [2.24, 2.45) is 0 Å². The van der Waals surface area contributed by atoms with Crippen LogP contribution in [0.5, 0.6) is 5.75 Å². The Morgan fingerprint density at radius 2 is 1.84 bits per heavy atom. The van der Waals surface area contributed by atoms with Gasteiger partial charge in [-0.05, 0) is 31.5 Å². The molecule has 132 valence electrons. The van der Waals surface area contributed by atoms with Crippen LogP contribution in [0.4, 0.5) is 0 Å². The third-order valence-electron chi connectivity index (χ3n) is 3.70. The number of sulfone groups is 1. The Labute approximate surface area is 154 Å². The van der Waals surface area contributed by atoms with E-state index in [1.807, 2.05) is 0 Å². The number of thiophene rings is 1. The summed E-state index contributed by atoms with van der Waals surface area (Å²) in [7, 11) is -3.30. The second-order valence-electron chi connectivity index (χ2n) is 6.09. The maximum atomic E-state index is 12.3. The second kappa shape index (κ2) is 6.16. The van der Waals surface area contributed by atoms with Gasteiger partial charge in [0.1, 0.15) is 11.4 Å². The maximum absolute atomic E-state index is 12.3. The summed E-state index contributed by atoms with van der Waals surface area (Å²) in [6, 6.07) is 7.88. The molecule has 0 unspecified atom stereocenters. The number of hydrogen-bond donors (Lipinski definition) is 0. The highest BCUT2D eigenvalue weighted by atomic mass is 35.5. The van der Waals surface area contributed by atoms with E-state index in [2.05, 4.69) is 0 Å². The predicted octanol–water partition coefficient (Wildman–Crippen LogP) is 3.93. The van der Waals surface area contributed by atoms with Crippen LogP contribution in [0.2, 0.25) is 4.34 Å². The molecule has 0 fully saturated rings. The van der Waals surface area contributed by atoms with Crippen LogP contribution in [0, 0.1) is 0 Å². The van der Waals surface area contributed by atoms with Crippen molar-refractivity contribution in [2.45, 2.75) is 24.3 Å². The van der Waals surface area contributed by atoms with Gasteiger partial charge in [0.05, 0.1) is 14.8 Å². The van der Waals surface area contributed by atoms with Crippen LogP contribution in [0.15, 0.2) is 46.4 Å². The molecule has 25 heavy (non-hydrogen) atoms. The molecule has 8 heteroatoms. The SMILES string of the molecule is CC1(C)OC(=O)C(Oc2csc(Cl)c2)=C1c1ccc(S(C)(=O)=O)cc1. The van der Waals surface area contributed by atoms with Crippen LogP contribution < -0.4 is 4.74 Å². The van der Waals surface area contributed by atoms with Crippen molar-refractivity contribution >= 4 is 44.3 Å². The van der Waals surface area contributed by atoms with E-state index in [-0.39, 0.29) is 10.7 Å². The standard InChI is InChI=1S/C17H15ClO5S2/c1-17(2)14(10-4-6-12(7-5-10)25(3,20)21)15(16(19)23-17)22-11-8-13(18)24-9-11/h4-9H,1-3H3. The van der Waals surface area contributed by atoms with Crippen molar-refractivity contribution in [1.82, 2.24) is 0 Å². The fraction of sp³-hybridized carbons (Fsp3) is 0.235. The molecular formula is C17H15ClO5S2. The minimum absolute atomic E-state index is 0.0755. The van der Waals surface area contributed by atoms with Gasteiger partial charge in [-0.15, -0.1) is 11.3 Å². The smallest absolute Gasteiger partial charge is 0.375 e. The summed E-state index contributed by atoms with van der Waals surface area (Å²) < 4.78 is 34.9. The first-order valence-electron chi connectivity index (χ1n) is 7.28. The van der Waals surface area contributed by atoms with Crippen LogP contribution in [0.25, 0.3) is 5.57 Å². The van der Waals surface area contributed by atoms with Crippen LogP contribution in [0.1, 0.15) is 19.4 Å². The van der Waals surface area contributed by atoms with Crippen LogP contribution in [0.3, 0.4) is 0 Å². The van der Waals surface area contributed by atoms with Gasteiger partial charge in [0.2, 0.25) is 5.76 Å². The fourth-order valence-electron chi connectivity index (χ4n) is 2.61. The highest BCUT2D eigenvalue weighted by molar-refractivity contribution is 7.90. The number of carbonyl (C=O) groups excluding carboxylic acids is 1. The third-order valence-corrected chi connectivity index (χ3v) is 5.89. The first-order valence-corrected chi connectivity index (χ1v) is 10.4. The highest BCUT2D eigenvalue weighted by Gasteiger charge is 2.43. The molecule has 0 saturated heterocycles.